The molecule has 1 heterocycles. The van der Waals surface area contributed by atoms with Gasteiger partial charge >= 0.3 is 5.97 Å². The number of esters is 1. The highest BCUT2D eigenvalue weighted by molar-refractivity contribution is 9.10. The summed E-state index contributed by atoms with van der Waals surface area (Å²) >= 11 is 19.6. The van der Waals surface area contributed by atoms with Crippen molar-refractivity contribution in [1.29, 1.82) is 0 Å². The van der Waals surface area contributed by atoms with Crippen LogP contribution in [-0.2, 0) is 19.1 Å². The fourth-order valence-corrected chi connectivity index (χ4v) is 4.54. The summed E-state index contributed by atoms with van der Waals surface area (Å²) in [6.07, 6.45) is 0.142. The number of anilines is 2. The van der Waals surface area contributed by atoms with Crippen molar-refractivity contribution in [2.24, 2.45) is 0 Å². The Morgan fingerprint density at radius 1 is 1.03 bits per heavy atom. The van der Waals surface area contributed by atoms with Gasteiger partial charge in [-0.3, -0.25) is 14.6 Å². The molecule has 0 spiro atoms. The van der Waals surface area contributed by atoms with Gasteiger partial charge in [0, 0.05) is 22.1 Å². The highest BCUT2D eigenvalue weighted by Gasteiger charge is 2.41. The van der Waals surface area contributed by atoms with Crippen molar-refractivity contribution in [1.82, 2.24) is 0 Å². The number of nitrogens with zero attached hydrogens (tertiary/aromatic N) is 2. The Morgan fingerprint density at radius 3 is 2.03 bits per heavy atom. The molecule has 0 aromatic heterocycles. The zero-order valence-corrected chi connectivity index (χ0v) is 20.5. The van der Waals surface area contributed by atoms with Gasteiger partial charge in [0.25, 0.3) is 5.91 Å². The summed E-state index contributed by atoms with van der Waals surface area (Å²) < 4.78 is 12.3. The van der Waals surface area contributed by atoms with Gasteiger partial charge in [0.1, 0.15) is 5.70 Å². The number of halogens is 4. The van der Waals surface area contributed by atoms with Crippen LogP contribution in [-0.4, -0.2) is 31.9 Å². The van der Waals surface area contributed by atoms with Crippen LogP contribution in [0, 0.1) is 0 Å². The third-order valence-electron chi connectivity index (χ3n) is 4.23. The summed E-state index contributed by atoms with van der Waals surface area (Å²) in [4.78, 5) is 28.6. The topological polar surface area (TPSA) is 59.1 Å². The molecule has 1 aliphatic rings. The molecule has 30 heavy (non-hydrogen) atoms. The van der Waals surface area contributed by atoms with E-state index in [1.54, 1.807) is 43.3 Å². The van der Waals surface area contributed by atoms with Gasteiger partial charge in [0.2, 0.25) is 6.35 Å². The average molecular weight is 579 g/mol. The maximum Gasteiger partial charge on any atom is 0.355 e. The SMILES string of the molecule is CCOC(=O)C1=CC(=O)N(c2ccc(Br)cc2Cl)C(OC)N1c1ccc(Br)cc1Cl. The van der Waals surface area contributed by atoms with Gasteiger partial charge in [-0.25, -0.2) is 4.79 Å². The molecule has 1 unspecified atom stereocenters. The second kappa shape index (κ2) is 9.70. The molecule has 3 rings (SSSR count). The van der Waals surface area contributed by atoms with Gasteiger partial charge < -0.3 is 9.47 Å². The van der Waals surface area contributed by atoms with E-state index in [0.717, 1.165) is 8.95 Å². The number of hydrogen-bond acceptors (Lipinski definition) is 5. The van der Waals surface area contributed by atoms with Crippen molar-refractivity contribution >= 4 is 78.3 Å². The standard InChI is InChI=1S/C20H16Br2Cl2N2O4/c1-3-30-19(28)17-10-18(27)26(16-7-5-12(22)9-14(16)24)20(29-2)25(17)15-6-4-11(21)8-13(15)23/h4-10,20H,3H2,1-2H3. The third kappa shape index (κ3) is 4.53. The number of methoxy groups -OCH3 is 1. The number of carbonyl (C=O) groups is 2. The first-order valence-corrected chi connectivity index (χ1v) is 11.1. The summed E-state index contributed by atoms with van der Waals surface area (Å²) in [7, 11) is 1.42. The number of benzene rings is 2. The molecule has 0 aliphatic carbocycles. The summed E-state index contributed by atoms with van der Waals surface area (Å²) in [5, 5.41) is 0.674. The van der Waals surface area contributed by atoms with Crippen molar-refractivity contribution in [3.8, 4) is 0 Å². The maximum absolute atomic E-state index is 13.1. The average Bonchev–Trinajstić information content (AvgIpc) is 2.68. The zero-order valence-electron chi connectivity index (χ0n) is 15.9. The Kier molecular flexibility index (Phi) is 7.47. The normalized spacial score (nSPS) is 16.5. The molecule has 1 amide bonds. The molecule has 0 saturated heterocycles. The van der Waals surface area contributed by atoms with E-state index in [9.17, 15) is 9.59 Å². The van der Waals surface area contributed by atoms with Crippen LogP contribution < -0.4 is 9.80 Å². The summed E-state index contributed by atoms with van der Waals surface area (Å²) in [5.74, 6) is -1.16. The van der Waals surface area contributed by atoms with Crippen molar-refractivity contribution in [2.45, 2.75) is 13.3 Å². The summed E-state index contributed by atoms with van der Waals surface area (Å²) in [6.45, 7) is 1.83. The fourth-order valence-electron chi connectivity index (χ4n) is 3.01. The molecule has 2 aromatic carbocycles. The van der Waals surface area contributed by atoms with Crippen LogP contribution in [0.5, 0.6) is 0 Å². The highest BCUT2D eigenvalue weighted by atomic mass is 79.9. The molecule has 158 valence electrons. The predicted octanol–water partition coefficient (Wildman–Crippen LogP) is 5.75. The van der Waals surface area contributed by atoms with Gasteiger partial charge in [-0.1, -0.05) is 55.1 Å². The Balaban J connectivity index is 2.21. The number of hydrogen-bond donors (Lipinski definition) is 0. The molecule has 0 bridgehead atoms. The minimum absolute atomic E-state index is 0.00223. The van der Waals surface area contributed by atoms with E-state index in [1.807, 2.05) is 0 Å². The van der Waals surface area contributed by atoms with Crippen molar-refractivity contribution in [3.05, 3.63) is 67.2 Å². The zero-order chi connectivity index (χ0) is 22.0. The minimum atomic E-state index is -1.04. The highest BCUT2D eigenvalue weighted by Crippen LogP contribution is 2.39. The molecule has 10 heteroatoms. The molecule has 0 radical (unpaired) electrons. The van der Waals surface area contributed by atoms with E-state index in [4.69, 9.17) is 32.7 Å². The van der Waals surface area contributed by atoms with Crippen LogP contribution in [0.4, 0.5) is 11.4 Å². The lowest BCUT2D eigenvalue weighted by Crippen LogP contribution is -2.56. The smallest absolute Gasteiger partial charge is 0.355 e. The largest absolute Gasteiger partial charge is 0.461 e. The monoisotopic (exact) mass is 576 g/mol. The predicted molar refractivity (Wildman–Crippen MR) is 124 cm³/mol. The lowest BCUT2D eigenvalue weighted by Gasteiger charge is -2.43. The first-order valence-electron chi connectivity index (χ1n) is 8.72. The molecule has 2 aromatic rings. The number of amides is 1. The van der Waals surface area contributed by atoms with E-state index in [0.29, 0.717) is 21.4 Å². The van der Waals surface area contributed by atoms with E-state index in [-0.39, 0.29) is 12.3 Å². The number of rotatable bonds is 5. The minimum Gasteiger partial charge on any atom is -0.461 e. The van der Waals surface area contributed by atoms with Gasteiger partial charge in [-0.05, 0) is 43.3 Å². The van der Waals surface area contributed by atoms with Crippen LogP contribution in [0.3, 0.4) is 0 Å². The fraction of sp³-hybridized carbons (Fsp3) is 0.200. The second-order valence-corrected chi connectivity index (χ2v) is 8.73. The first kappa shape index (κ1) is 23.1. The van der Waals surface area contributed by atoms with E-state index < -0.39 is 18.2 Å². The van der Waals surface area contributed by atoms with E-state index in [1.165, 1.54) is 23.0 Å². The molecular weight excluding hydrogens is 563 g/mol. The Hall–Kier alpha value is -1.58. The lowest BCUT2D eigenvalue weighted by molar-refractivity contribution is -0.139. The Morgan fingerprint density at radius 2 is 1.57 bits per heavy atom. The third-order valence-corrected chi connectivity index (χ3v) is 5.82. The van der Waals surface area contributed by atoms with Gasteiger partial charge in [0.15, 0.2) is 0 Å². The number of carbonyl (C=O) groups excluding carboxylic acids is 2. The van der Waals surface area contributed by atoms with E-state index >= 15 is 0 Å². The molecule has 0 fully saturated rings. The molecular formula is C20H16Br2Cl2N2O4. The van der Waals surface area contributed by atoms with Crippen molar-refractivity contribution in [2.75, 3.05) is 23.5 Å². The van der Waals surface area contributed by atoms with Gasteiger partial charge in [-0.2, -0.15) is 0 Å². The molecule has 0 N–H and O–H groups in total. The summed E-state index contributed by atoms with van der Waals surface area (Å²) in [6, 6.07) is 10.3. The number of ether oxygens (including phenoxy) is 2. The molecule has 1 atom stereocenters. The summed E-state index contributed by atoms with van der Waals surface area (Å²) in [5.41, 5.74) is 0.869. The van der Waals surface area contributed by atoms with Crippen LogP contribution in [0.15, 0.2) is 57.1 Å². The van der Waals surface area contributed by atoms with Crippen molar-refractivity contribution < 1.29 is 19.1 Å². The molecule has 0 saturated carbocycles. The first-order chi connectivity index (χ1) is 14.3. The molecule has 1 aliphatic heterocycles. The Bertz CT molecular complexity index is 1030. The van der Waals surface area contributed by atoms with Crippen molar-refractivity contribution in [3.63, 3.8) is 0 Å². The maximum atomic E-state index is 13.1. The van der Waals surface area contributed by atoms with Gasteiger partial charge in [-0.15, -0.1) is 0 Å². The van der Waals surface area contributed by atoms with Crippen LogP contribution in [0.25, 0.3) is 0 Å². The van der Waals surface area contributed by atoms with Crippen LogP contribution in [0.1, 0.15) is 6.92 Å². The van der Waals surface area contributed by atoms with Gasteiger partial charge in [0.05, 0.1) is 28.0 Å². The molecule has 6 nitrogen and oxygen atoms in total. The van der Waals surface area contributed by atoms with E-state index in [2.05, 4.69) is 31.9 Å². The quantitative estimate of drug-likeness (QED) is 0.423. The second-order valence-electron chi connectivity index (χ2n) is 6.08. The van der Waals surface area contributed by atoms with Crippen LogP contribution in [0.2, 0.25) is 10.0 Å². The Labute approximate surface area is 200 Å². The lowest BCUT2D eigenvalue weighted by atomic mass is 10.1. The van der Waals surface area contributed by atoms with Crippen LogP contribution >= 0.6 is 55.1 Å².